The highest BCUT2D eigenvalue weighted by Gasteiger charge is 2.30. The molecule has 0 aliphatic rings. The van der Waals surface area contributed by atoms with Crippen LogP contribution >= 0.6 is 27.7 Å². The van der Waals surface area contributed by atoms with Gasteiger partial charge in [0, 0.05) is 16.7 Å². The highest BCUT2D eigenvalue weighted by molar-refractivity contribution is 9.10. The van der Waals surface area contributed by atoms with Gasteiger partial charge in [-0.05, 0) is 52.6 Å². The van der Waals surface area contributed by atoms with E-state index in [-0.39, 0.29) is 0 Å². The van der Waals surface area contributed by atoms with Crippen LogP contribution in [-0.2, 0) is 6.18 Å². The van der Waals surface area contributed by atoms with Gasteiger partial charge in [0.05, 0.1) is 5.56 Å². The number of hydrogen-bond donors (Lipinski definition) is 1. The number of hydrogen-bond acceptors (Lipinski definition) is 2. The predicted molar refractivity (Wildman–Crippen MR) is 70.6 cm³/mol. The summed E-state index contributed by atoms with van der Waals surface area (Å²) >= 11 is 4.95. The Kier molecular flexibility index (Phi) is 5.66. The van der Waals surface area contributed by atoms with Gasteiger partial charge in [0.25, 0.3) is 0 Å². The average molecular weight is 328 g/mol. The maximum absolute atomic E-state index is 12.5. The van der Waals surface area contributed by atoms with Crippen molar-refractivity contribution in [2.45, 2.75) is 12.6 Å². The molecule has 0 radical (unpaired) electrons. The summed E-state index contributed by atoms with van der Waals surface area (Å²) in [5, 5.41) is 3.00. The lowest BCUT2D eigenvalue weighted by molar-refractivity contribution is -0.137. The maximum atomic E-state index is 12.5. The lowest BCUT2D eigenvalue weighted by Crippen LogP contribution is -2.08. The van der Waals surface area contributed by atoms with Crippen LogP contribution in [0.5, 0.6) is 0 Å². The molecule has 0 bridgehead atoms. The molecule has 96 valence electrons. The molecule has 6 heteroatoms. The summed E-state index contributed by atoms with van der Waals surface area (Å²) in [4.78, 5) is 0. The van der Waals surface area contributed by atoms with E-state index in [1.54, 1.807) is 11.8 Å². The first-order valence-electron chi connectivity index (χ1n) is 5.04. The van der Waals surface area contributed by atoms with Crippen LogP contribution in [0.2, 0.25) is 0 Å². The first-order chi connectivity index (χ1) is 7.95. The summed E-state index contributed by atoms with van der Waals surface area (Å²) < 4.78 is 38.1. The van der Waals surface area contributed by atoms with Crippen LogP contribution in [-0.4, -0.2) is 18.6 Å². The van der Waals surface area contributed by atoms with E-state index in [2.05, 4.69) is 21.2 Å². The van der Waals surface area contributed by atoms with Crippen molar-refractivity contribution < 1.29 is 13.2 Å². The van der Waals surface area contributed by atoms with Gasteiger partial charge >= 0.3 is 6.18 Å². The van der Waals surface area contributed by atoms with Crippen molar-refractivity contribution in [1.82, 2.24) is 0 Å². The van der Waals surface area contributed by atoms with Crippen molar-refractivity contribution in [2.24, 2.45) is 0 Å². The molecule has 0 aliphatic heterocycles. The third-order valence-corrected chi connectivity index (χ3v) is 3.52. The molecule has 0 saturated heterocycles. The number of anilines is 1. The van der Waals surface area contributed by atoms with Gasteiger partial charge in [0.2, 0.25) is 0 Å². The summed E-state index contributed by atoms with van der Waals surface area (Å²) in [6.07, 6.45) is -1.37. The van der Waals surface area contributed by atoms with Gasteiger partial charge < -0.3 is 5.32 Å². The van der Waals surface area contributed by atoms with E-state index in [4.69, 9.17) is 0 Å². The number of halogens is 4. The summed E-state index contributed by atoms with van der Waals surface area (Å²) in [6, 6.07) is 3.61. The van der Waals surface area contributed by atoms with Crippen molar-refractivity contribution in [1.29, 1.82) is 0 Å². The molecule has 0 atom stereocenters. The zero-order valence-corrected chi connectivity index (χ0v) is 11.7. The zero-order chi connectivity index (χ0) is 12.9. The molecule has 17 heavy (non-hydrogen) atoms. The first-order valence-corrected chi connectivity index (χ1v) is 7.23. The highest BCUT2D eigenvalue weighted by atomic mass is 79.9. The largest absolute Gasteiger partial charge is 0.416 e. The Bertz CT molecular complexity index is 368. The standard InChI is InChI=1S/C11H13BrF3NS/c1-17-6-2-5-16-10-7-8(11(13,14)15)3-4-9(10)12/h3-4,7,16H,2,5-6H2,1H3. The topological polar surface area (TPSA) is 12.0 Å². The molecule has 1 N–H and O–H groups in total. The minimum Gasteiger partial charge on any atom is -0.384 e. The Balaban J connectivity index is 2.70. The zero-order valence-electron chi connectivity index (χ0n) is 9.27. The average Bonchev–Trinajstić information content (AvgIpc) is 2.25. The number of benzene rings is 1. The van der Waals surface area contributed by atoms with Gasteiger partial charge in [-0.25, -0.2) is 0 Å². The van der Waals surface area contributed by atoms with Crippen LogP contribution in [0.15, 0.2) is 22.7 Å². The molecule has 1 aromatic rings. The fraction of sp³-hybridized carbons (Fsp3) is 0.455. The van der Waals surface area contributed by atoms with E-state index in [1.165, 1.54) is 6.07 Å². The van der Waals surface area contributed by atoms with E-state index in [0.29, 0.717) is 16.7 Å². The minimum absolute atomic E-state index is 0.487. The lowest BCUT2D eigenvalue weighted by atomic mass is 10.2. The second kappa shape index (κ2) is 6.54. The maximum Gasteiger partial charge on any atom is 0.416 e. The van der Waals surface area contributed by atoms with Crippen molar-refractivity contribution in [3.8, 4) is 0 Å². The first kappa shape index (κ1) is 14.7. The third kappa shape index (κ3) is 4.79. The van der Waals surface area contributed by atoms with Crippen molar-refractivity contribution in [2.75, 3.05) is 23.9 Å². The predicted octanol–water partition coefficient (Wildman–Crippen LogP) is 4.63. The fourth-order valence-electron chi connectivity index (χ4n) is 1.28. The number of nitrogens with one attached hydrogen (secondary N) is 1. The smallest absolute Gasteiger partial charge is 0.384 e. The van der Waals surface area contributed by atoms with E-state index in [0.717, 1.165) is 24.3 Å². The van der Waals surface area contributed by atoms with Gasteiger partial charge in [-0.2, -0.15) is 24.9 Å². The van der Waals surface area contributed by atoms with Gasteiger partial charge in [-0.15, -0.1) is 0 Å². The molecule has 0 heterocycles. The normalized spacial score (nSPS) is 11.6. The van der Waals surface area contributed by atoms with Crippen molar-refractivity contribution >= 4 is 33.4 Å². The summed E-state index contributed by atoms with van der Waals surface area (Å²) in [5.41, 5.74) is -0.144. The molecule has 0 unspecified atom stereocenters. The number of rotatable bonds is 5. The van der Waals surface area contributed by atoms with Crippen molar-refractivity contribution in [3.05, 3.63) is 28.2 Å². The van der Waals surface area contributed by atoms with E-state index in [1.807, 2.05) is 6.26 Å². The minimum atomic E-state index is -4.30. The SMILES string of the molecule is CSCCCNc1cc(C(F)(F)F)ccc1Br. The quantitative estimate of drug-likeness (QED) is 0.791. The van der Waals surface area contributed by atoms with Gasteiger partial charge in [-0.1, -0.05) is 0 Å². The summed E-state index contributed by atoms with van der Waals surface area (Å²) in [6.45, 7) is 0.667. The van der Waals surface area contributed by atoms with Crippen LogP contribution in [0, 0.1) is 0 Å². The second-order valence-corrected chi connectivity index (χ2v) is 5.31. The van der Waals surface area contributed by atoms with E-state index in [9.17, 15) is 13.2 Å². The van der Waals surface area contributed by atoms with Crippen molar-refractivity contribution in [3.63, 3.8) is 0 Å². The Morgan fingerprint density at radius 3 is 2.65 bits per heavy atom. The number of alkyl halides is 3. The van der Waals surface area contributed by atoms with Crippen LogP contribution in [0.1, 0.15) is 12.0 Å². The monoisotopic (exact) mass is 327 g/mol. The molecule has 1 aromatic carbocycles. The number of thioether (sulfide) groups is 1. The van der Waals surface area contributed by atoms with Crippen LogP contribution < -0.4 is 5.32 Å². The molecule has 0 fully saturated rings. The lowest BCUT2D eigenvalue weighted by Gasteiger charge is -2.12. The second-order valence-electron chi connectivity index (χ2n) is 3.47. The molecular weight excluding hydrogens is 315 g/mol. The molecule has 0 aliphatic carbocycles. The Morgan fingerprint density at radius 2 is 2.06 bits per heavy atom. The molecule has 1 rings (SSSR count). The van der Waals surface area contributed by atoms with Crippen LogP contribution in [0.25, 0.3) is 0 Å². The van der Waals surface area contributed by atoms with E-state index >= 15 is 0 Å². The van der Waals surface area contributed by atoms with Gasteiger partial charge in [0.1, 0.15) is 0 Å². The summed E-state index contributed by atoms with van der Waals surface area (Å²) in [7, 11) is 0. The Morgan fingerprint density at radius 1 is 1.35 bits per heavy atom. The van der Waals surface area contributed by atoms with Gasteiger partial charge in [-0.3, -0.25) is 0 Å². The van der Waals surface area contributed by atoms with Crippen LogP contribution in [0.3, 0.4) is 0 Å². The molecule has 0 amide bonds. The van der Waals surface area contributed by atoms with Gasteiger partial charge in [0.15, 0.2) is 0 Å². The molecule has 0 aromatic heterocycles. The Labute approximate surface area is 111 Å². The fourth-order valence-corrected chi connectivity index (χ4v) is 2.10. The molecular formula is C11H13BrF3NS. The molecule has 1 nitrogen and oxygen atoms in total. The third-order valence-electron chi connectivity index (χ3n) is 2.13. The Hall–Kier alpha value is -0.360. The summed E-state index contributed by atoms with van der Waals surface area (Å²) in [5.74, 6) is 0.990. The van der Waals surface area contributed by atoms with E-state index < -0.39 is 11.7 Å². The molecule has 0 spiro atoms. The van der Waals surface area contributed by atoms with Crippen LogP contribution in [0.4, 0.5) is 18.9 Å². The highest BCUT2D eigenvalue weighted by Crippen LogP contribution is 2.33. The molecule has 0 saturated carbocycles.